The highest BCUT2D eigenvalue weighted by Gasteiger charge is 2.19. The molecule has 6 nitrogen and oxygen atoms in total. The first-order chi connectivity index (χ1) is 12.7. The van der Waals surface area contributed by atoms with Crippen molar-refractivity contribution in [1.82, 2.24) is 14.5 Å². The summed E-state index contributed by atoms with van der Waals surface area (Å²) in [4.78, 5) is 19.3. The number of benzene rings is 2. The highest BCUT2D eigenvalue weighted by atomic mass is 16.5. The molecule has 0 atom stereocenters. The maximum Gasteiger partial charge on any atom is 0.262 e. The predicted molar refractivity (Wildman–Crippen MR) is 101 cm³/mol. The lowest BCUT2D eigenvalue weighted by molar-refractivity contribution is -0.118. The van der Waals surface area contributed by atoms with Gasteiger partial charge < -0.3 is 14.6 Å². The summed E-state index contributed by atoms with van der Waals surface area (Å²) in [6, 6.07) is 15.2. The molecule has 134 valence electrons. The summed E-state index contributed by atoms with van der Waals surface area (Å²) in [5.74, 6) is 1.58. The topological polar surface area (TPSA) is 59.4 Å². The maximum atomic E-state index is 12.1. The van der Waals surface area contributed by atoms with Crippen LogP contribution in [0.2, 0.25) is 0 Å². The van der Waals surface area contributed by atoms with Crippen molar-refractivity contribution in [3.63, 3.8) is 0 Å². The van der Waals surface area contributed by atoms with Gasteiger partial charge in [0.05, 0.1) is 17.6 Å². The van der Waals surface area contributed by atoms with Gasteiger partial charge in [0.15, 0.2) is 6.61 Å². The van der Waals surface area contributed by atoms with Crippen molar-refractivity contribution in [3.05, 3.63) is 54.4 Å². The third kappa shape index (κ3) is 3.41. The van der Waals surface area contributed by atoms with Crippen molar-refractivity contribution in [1.29, 1.82) is 0 Å². The quantitative estimate of drug-likeness (QED) is 0.769. The first-order valence-electron chi connectivity index (χ1n) is 8.92. The van der Waals surface area contributed by atoms with Gasteiger partial charge in [-0.05, 0) is 36.9 Å². The zero-order chi connectivity index (χ0) is 17.9. The van der Waals surface area contributed by atoms with Gasteiger partial charge in [-0.2, -0.15) is 0 Å². The van der Waals surface area contributed by atoms with Crippen LogP contribution in [0.15, 0.2) is 48.5 Å². The van der Waals surface area contributed by atoms with Gasteiger partial charge in [-0.25, -0.2) is 4.98 Å². The van der Waals surface area contributed by atoms with E-state index in [0.717, 1.165) is 48.7 Å². The van der Waals surface area contributed by atoms with Gasteiger partial charge in [0.2, 0.25) is 0 Å². The van der Waals surface area contributed by atoms with Crippen LogP contribution in [-0.4, -0.2) is 40.1 Å². The molecule has 26 heavy (non-hydrogen) atoms. The smallest absolute Gasteiger partial charge is 0.262 e. The second-order valence-electron chi connectivity index (χ2n) is 6.40. The summed E-state index contributed by atoms with van der Waals surface area (Å²) in [5.41, 5.74) is 2.77. The number of nitrogens with one attached hydrogen (secondary N) is 1. The number of hydrogen-bond donors (Lipinski definition) is 1. The fraction of sp³-hybridized carbons (Fsp3) is 0.300. The van der Waals surface area contributed by atoms with E-state index < -0.39 is 0 Å². The molecule has 0 saturated carbocycles. The number of nitrogens with zero attached hydrogens (tertiary/aromatic N) is 3. The van der Waals surface area contributed by atoms with Crippen LogP contribution in [0.1, 0.15) is 12.7 Å². The summed E-state index contributed by atoms with van der Waals surface area (Å²) in [6.07, 6.45) is 0. The highest BCUT2D eigenvalue weighted by molar-refractivity contribution is 5.94. The standard InChI is InChI=1S/C20H22N4O2/c1-2-23-10-11-24-18-9-8-15(12-17(18)22-19(24)13-23)21-20(25)14-26-16-6-4-3-5-7-16/h3-9,12H,2,10-11,13-14H2,1H3,(H,21,25). The Kier molecular flexibility index (Phi) is 4.58. The number of aromatic nitrogens is 2. The van der Waals surface area contributed by atoms with Crippen molar-refractivity contribution in [2.24, 2.45) is 0 Å². The lowest BCUT2D eigenvalue weighted by Gasteiger charge is -2.26. The van der Waals surface area contributed by atoms with E-state index in [9.17, 15) is 4.79 Å². The molecule has 0 bridgehead atoms. The van der Waals surface area contributed by atoms with Crippen molar-refractivity contribution in [2.75, 3.05) is 25.0 Å². The van der Waals surface area contributed by atoms with E-state index in [1.54, 1.807) is 0 Å². The Morgan fingerprint density at radius 1 is 1.19 bits per heavy atom. The third-order valence-corrected chi connectivity index (χ3v) is 4.68. The van der Waals surface area contributed by atoms with E-state index in [1.807, 2.05) is 48.5 Å². The van der Waals surface area contributed by atoms with Gasteiger partial charge in [-0.1, -0.05) is 25.1 Å². The van der Waals surface area contributed by atoms with Crippen molar-refractivity contribution in [3.8, 4) is 5.75 Å². The van der Waals surface area contributed by atoms with Crippen LogP contribution in [0.5, 0.6) is 5.75 Å². The molecule has 0 radical (unpaired) electrons. The third-order valence-electron chi connectivity index (χ3n) is 4.68. The molecular formula is C20H22N4O2. The fourth-order valence-corrected chi connectivity index (χ4v) is 3.28. The molecule has 0 unspecified atom stereocenters. The maximum absolute atomic E-state index is 12.1. The number of ether oxygens (including phenoxy) is 1. The number of hydrogen-bond acceptors (Lipinski definition) is 4. The zero-order valence-electron chi connectivity index (χ0n) is 14.8. The molecule has 2 aromatic carbocycles. The monoisotopic (exact) mass is 350 g/mol. The van der Waals surface area contributed by atoms with Crippen LogP contribution < -0.4 is 10.1 Å². The number of para-hydroxylation sites is 1. The molecule has 1 aromatic heterocycles. The molecule has 1 aliphatic heterocycles. The average molecular weight is 350 g/mol. The largest absolute Gasteiger partial charge is 0.484 e. The molecule has 1 amide bonds. The van der Waals surface area contributed by atoms with Crippen molar-refractivity contribution >= 4 is 22.6 Å². The van der Waals surface area contributed by atoms with Crippen molar-refractivity contribution in [2.45, 2.75) is 20.0 Å². The Morgan fingerprint density at radius 2 is 2.04 bits per heavy atom. The summed E-state index contributed by atoms with van der Waals surface area (Å²) < 4.78 is 7.75. The number of rotatable bonds is 5. The summed E-state index contributed by atoms with van der Waals surface area (Å²) in [6.45, 7) is 6.06. The number of carbonyl (C=O) groups excluding carboxylic acids is 1. The molecule has 0 spiro atoms. The molecule has 1 N–H and O–H groups in total. The van der Waals surface area contributed by atoms with Gasteiger partial charge in [-0.15, -0.1) is 0 Å². The first-order valence-corrected chi connectivity index (χ1v) is 8.92. The van der Waals surface area contributed by atoms with Gasteiger partial charge in [0, 0.05) is 18.8 Å². The van der Waals surface area contributed by atoms with Gasteiger partial charge in [-0.3, -0.25) is 9.69 Å². The molecule has 2 heterocycles. The lowest BCUT2D eigenvalue weighted by atomic mass is 10.2. The Hall–Kier alpha value is -2.86. The lowest BCUT2D eigenvalue weighted by Crippen LogP contribution is -2.33. The van der Waals surface area contributed by atoms with E-state index in [4.69, 9.17) is 9.72 Å². The minimum absolute atomic E-state index is 0.0206. The minimum Gasteiger partial charge on any atom is -0.484 e. The Bertz CT molecular complexity index is 920. The van der Waals surface area contributed by atoms with E-state index >= 15 is 0 Å². The molecule has 3 aromatic rings. The van der Waals surface area contributed by atoms with E-state index in [0.29, 0.717) is 5.75 Å². The predicted octanol–water partition coefficient (Wildman–Crippen LogP) is 2.89. The molecule has 0 saturated heterocycles. The van der Waals surface area contributed by atoms with Gasteiger partial charge >= 0.3 is 0 Å². The average Bonchev–Trinajstić information content (AvgIpc) is 3.03. The van der Waals surface area contributed by atoms with E-state index in [1.165, 1.54) is 0 Å². The number of carbonyl (C=O) groups is 1. The van der Waals surface area contributed by atoms with Crippen LogP contribution in [0.4, 0.5) is 5.69 Å². The zero-order valence-corrected chi connectivity index (χ0v) is 14.8. The molecular weight excluding hydrogens is 328 g/mol. The molecule has 4 rings (SSSR count). The minimum atomic E-state index is -0.186. The number of anilines is 1. The summed E-state index contributed by atoms with van der Waals surface area (Å²) in [5, 5.41) is 2.88. The highest BCUT2D eigenvalue weighted by Crippen LogP contribution is 2.23. The van der Waals surface area contributed by atoms with Crippen molar-refractivity contribution < 1.29 is 9.53 Å². The van der Waals surface area contributed by atoms with E-state index in [-0.39, 0.29) is 12.5 Å². The van der Waals surface area contributed by atoms with Crippen LogP contribution >= 0.6 is 0 Å². The Balaban J connectivity index is 1.45. The molecule has 0 fully saturated rings. The first kappa shape index (κ1) is 16.6. The van der Waals surface area contributed by atoms with Crippen LogP contribution in [0.3, 0.4) is 0 Å². The van der Waals surface area contributed by atoms with E-state index in [2.05, 4.69) is 21.7 Å². The normalized spacial score (nSPS) is 14.2. The SMILES string of the molecule is CCN1CCn2c(nc3cc(NC(=O)COc4ccccc4)ccc32)C1. The number of fused-ring (bicyclic) bond motifs is 3. The van der Waals surface area contributed by atoms with Crippen LogP contribution in [-0.2, 0) is 17.9 Å². The summed E-state index contributed by atoms with van der Waals surface area (Å²) in [7, 11) is 0. The van der Waals surface area contributed by atoms with Crippen LogP contribution in [0.25, 0.3) is 11.0 Å². The van der Waals surface area contributed by atoms with Gasteiger partial charge in [0.1, 0.15) is 11.6 Å². The summed E-state index contributed by atoms with van der Waals surface area (Å²) >= 11 is 0. The number of imidazole rings is 1. The fourth-order valence-electron chi connectivity index (χ4n) is 3.28. The van der Waals surface area contributed by atoms with Crippen LogP contribution in [0, 0.1) is 0 Å². The Labute approximate surface area is 152 Å². The molecule has 6 heteroatoms. The van der Waals surface area contributed by atoms with Gasteiger partial charge in [0.25, 0.3) is 5.91 Å². The Morgan fingerprint density at radius 3 is 2.85 bits per heavy atom. The molecule has 0 aliphatic carbocycles. The number of amides is 1. The number of likely N-dealkylation sites (N-methyl/N-ethyl adjacent to an activating group) is 1. The molecule has 1 aliphatic rings. The second kappa shape index (κ2) is 7.17. The second-order valence-corrected chi connectivity index (χ2v) is 6.40.